The topological polar surface area (TPSA) is 52.0 Å². The van der Waals surface area contributed by atoms with Gasteiger partial charge >= 0.3 is 0 Å². The minimum Gasteiger partial charge on any atom is -0.489 e. The Morgan fingerprint density at radius 3 is 2.79 bits per heavy atom. The molecule has 0 saturated heterocycles. The third kappa shape index (κ3) is 2.59. The minimum absolute atomic E-state index is 0.122. The number of hydrogen-bond donors (Lipinski definition) is 1. The first-order chi connectivity index (χ1) is 11.6. The average Bonchev–Trinajstić information content (AvgIpc) is 3.12. The molecule has 4 rings (SSSR count). The van der Waals surface area contributed by atoms with E-state index in [0.717, 1.165) is 37.8 Å². The molecule has 0 fully saturated rings. The van der Waals surface area contributed by atoms with Crippen molar-refractivity contribution in [2.75, 3.05) is 5.32 Å². The Hall–Kier alpha value is -2.60. The second kappa shape index (κ2) is 5.79. The molecule has 0 radical (unpaired) electrons. The van der Waals surface area contributed by atoms with Gasteiger partial charge in [0.1, 0.15) is 16.8 Å². The molecule has 0 unspecified atom stereocenters. The fraction of sp³-hybridized carbons (Fsp3) is 0.222. The van der Waals surface area contributed by atoms with Gasteiger partial charge in [-0.25, -0.2) is 9.97 Å². The van der Waals surface area contributed by atoms with Crippen molar-refractivity contribution in [2.24, 2.45) is 7.05 Å². The van der Waals surface area contributed by atoms with Crippen molar-refractivity contribution in [2.45, 2.75) is 20.0 Å². The number of aromatic nitrogens is 3. The van der Waals surface area contributed by atoms with Crippen LogP contribution in [0.4, 0.5) is 10.8 Å². The summed E-state index contributed by atoms with van der Waals surface area (Å²) in [7, 11) is 1.99. The van der Waals surface area contributed by atoms with Crippen LogP contribution in [0.15, 0.2) is 42.7 Å². The maximum absolute atomic E-state index is 5.86. The first kappa shape index (κ1) is 15.0. The molecule has 0 aliphatic carbocycles. The van der Waals surface area contributed by atoms with Crippen molar-refractivity contribution in [3.63, 3.8) is 0 Å². The van der Waals surface area contributed by atoms with Gasteiger partial charge in [-0.2, -0.15) is 0 Å². The van der Waals surface area contributed by atoms with Crippen molar-refractivity contribution in [1.82, 2.24) is 14.5 Å². The maximum atomic E-state index is 5.86. The summed E-state index contributed by atoms with van der Waals surface area (Å²) >= 11 is 1.62. The van der Waals surface area contributed by atoms with Crippen LogP contribution < -0.4 is 10.1 Å². The fourth-order valence-electron chi connectivity index (χ4n) is 2.68. The van der Waals surface area contributed by atoms with E-state index in [4.69, 9.17) is 9.72 Å². The molecule has 0 spiro atoms. The van der Waals surface area contributed by atoms with E-state index in [-0.39, 0.29) is 6.10 Å². The number of anilines is 2. The Morgan fingerprint density at radius 2 is 1.96 bits per heavy atom. The van der Waals surface area contributed by atoms with E-state index >= 15 is 0 Å². The summed E-state index contributed by atoms with van der Waals surface area (Å²) in [4.78, 5) is 9.22. The van der Waals surface area contributed by atoms with Crippen LogP contribution >= 0.6 is 11.3 Å². The molecule has 2 aromatic carbocycles. The Bertz CT molecular complexity index is 1020. The molecular weight excluding hydrogens is 320 g/mol. The zero-order chi connectivity index (χ0) is 16.7. The number of ether oxygens (including phenoxy) is 1. The van der Waals surface area contributed by atoms with E-state index in [9.17, 15) is 0 Å². The van der Waals surface area contributed by atoms with Crippen molar-refractivity contribution in [3.8, 4) is 5.75 Å². The molecule has 0 saturated carbocycles. The molecule has 2 heterocycles. The van der Waals surface area contributed by atoms with Crippen LogP contribution in [0.2, 0.25) is 0 Å². The lowest BCUT2D eigenvalue weighted by Crippen LogP contribution is -2.07. The van der Waals surface area contributed by atoms with Crippen LogP contribution in [-0.2, 0) is 7.05 Å². The lowest BCUT2D eigenvalue weighted by molar-refractivity contribution is 0.244. The molecule has 4 aromatic rings. The zero-order valence-corrected chi connectivity index (χ0v) is 14.6. The van der Waals surface area contributed by atoms with Crippen LogP contribution in [0, 0.1) is 0 Å². The van der Waals surface area contributed by atoms with Crippen molar-refractivity contribution in [1.29, 1.82) is 0 Å². The lowest BCUT2D eigenvalue weighted by atomic mass is 10.3. The zero-order valence-electron chi connectivity index (χ0n) is 13.8. The third-order valence-corrected chi connectivity index (χ3v) is 4.68. The predicted octanol–water partition coefficient (Wildman–Crippen LogP) is 4.71. The highest BCUT2D eigenvalue weighted by atomic mass is 32.1. The van der Waals surface area contributed by atoms with Crippen molar-refractivity contribution < 1.29 is 4.74 Å². The van der Waals surface area contributed by atoms with E-state index in [1.54, 1.807) is 11.3 Å². The van der Waals surface area contributed by atoms with Gasteiger partial charge in [0.15, 0.2) is 5.13 Å². The number of thiazole rings is 1. The number of nitrogens with zero attached hydrogens (tertiary/aromatic N) is 3. The smallest absolute Gasteiger partial charge is 0.188 e. The van der Waals surface area contributed by atoms with Gasteiger partial charge in [0, 0.05) is 7.05 Å². The second-order valence-corrected chi connectivity index (χ2v) is 6.97. The highest BCUT2D eigenvalue weighted by molar-refractivity contribution is 7.22. The average molecular weight is 338 g/mol. The van der Waals surface area contributed by atoms with Crippen LogP contribution in [-0.4, -0.2) is 20.6 Å². The SMILES string of the molecule is CC(C)Oc1ccccc1Nc1nc2c(ccc3c2ncn3C)s1. The van der Waals surface area contributed by atoms with Crippen LogP contribution in [0.1, 0.15) is 13.8 Å². The number of nitrogens with one attached hydrogen (secondary N) is 1. The molecule has 2 aromatic heterocycles. The monoisotopic (exact) mass is 338 g/mol. The Labute approximate surface area is 143 Å². The standard InChI is InChI=1S/C18H18N4OS/c1-11(2)23-14-7-5-4-6-12(14)20-18-21-17-15(24-18)9-8-13-16(17)19-10-22(13)3/h4-11H,1-3H3,(H,20,21). The highest BCUT2D eigenvalue weighted by Crippen LogP contribution is 2.34. The fourth-order valence-corrected chi connectivity index (χ4v) is 3.56. The van der Waals surface area contributed by atoms with E-state index < -0.39 is 0 Å². The normalized spacial score (nSPS) is 11.5. The first-order valence-corrected chi connectivity index (χ1v) is 8.67. The number of hydrogen-bond acceptors (Lipinski definition) is 5. The number of benzene rings is 2. The molecule has 0 aliphatic rings. The van der Waals surface area contributed by atoms with Gasteiger partial charge in [0.25, 0.3) is 0 Å². The summed E-state index contributed by atoms with van der Waals surface area (Å²) in [6.45, 7) is 4.04. The predicted molar refractivity (Wildman–Crippen MR) is 99.4 cm³/mol. The quantitative estimate of drug-likeness (QED) is 0.585. The largest absolute Gasteiger partial charge is 0.489 e. The van der Waals surface area contributed by atoms with E-state index in [1.165, 1.54) is 0 Å². The van der Waals surface area contributed by atoms with Crippen molar-refractivity contribution in [3.05, 3.63) is 42.7 Å². The summed E-state index contributed by atoms with van der Waals surface area (Å²) in [5, 5.41) is 4.22. The minimum atomic E-state index is 0.122. The van der Waals surface area contributed by atoms with E-state index in [1.807, 2.05) is 56.1 Å². The molecule has 0 atom stereocenters. The van der Waals surface area contributed by atoms with Gasteiger partial charge in [-0.3, -0.25) is 0 Å². The second-order valence-electron chi connectivity index (χ2n) is 5.94. The van der Waals surface area contributed by atoms with Gasteiger partial charge in [-0.05, 0) is 38.1 Å². The molecule has 24 heavy (non-hydrogen) atoms. The molecule has 0 aliphatic heterocycles. The Morgan fingerprint density at radius 1 is 1.12 bits per heavy atom. The Balaban J connectivity index is 1.74. The molecule has 0 amide bonds. The summed E-state index contributed by atoms with van der Waals surface area (Å²) in [6, 6.07) is 12.1. The van der Waals surface area contributed by atoms with Gasteiger partial charge in [0.05, 0.1) is 28.3 Å². The molecule has 5 nitrogen and oxygen atoms in total. The van der Waals surface area contributed by atoms with Gasteiger partial charge in [-0.1, -0.05) is 23.5 Å². The van der Waals surface area contributed by atoms with Crippen LogP contribution in [0.25, 0.3) is 21.3 Å². The summed E-state index contributed by atoms with van der Waals surface area (Å²) in [5.41, 5.74) is 3.87. The summed E-state index contributed by atoms with van der Waals surface area (Å²) in [5.74, 6) is 0.828. The summed E-state index contributed by atoms with van der Waals surface area (Å²) < 4.78 is 8.99. The molecule has 122 valence electrons. The lowest BCUT2D eigenvalue weighted by Gasteiger charge is -2.14. The first-order valence-electron chi connectivity index (χ1n) is 7.85. The van der Waals surface area contributed by atoms with Crippen molar-refractivity contribution >= 4 is 43.4 Å². The Kier molecular flexibility index (Phi) is 3.61. The number of aryl methyl sites for hydroxylation is 1. The van der Waals surface area contributed by atoms with Gasteiger partial charge in [0.2, 0.25) is 0 Å². The van der Waals surface area contributed by atoms with Gasteiger partial charge in [-0.15, -0.1) is 0 Å². The van der Waals surface area contributed by atoms with Gasteiger partial charge < -0.3 is 14.6 Å². The third-order valence-electron chi connectivity index (χ3n) is 3.74. The number of imidazole rings is 1. The molecule has 1 N–H and O–H groups in total. The number of para-hydroxylation sites is 2. The number of rotatable bonds is 4. The van der Waals surface area contributed by atoms with E-state index in [0.29, 0.717) is 0 Å². The maximum Gasteiger partial charge on any atom is 0.188 e. The molecule has 0 bridgehead atoms. The van der Waals surface area contributed by atoms with Crippen LogP contribution in [0.5, 0.6) is 5.75 Å². The van der Waals surface area contributed by atoms with E-state index in [2.05, 4.69) is 22.4 Å². The van der Waals surface area contributed by atoms with Crippen LogP contribution in [0.3, 0.4) is 0 Å². The molecular formula is C18H18N4OS. The number of fused-ring (bicyclic) bond motifs is 3. The highest BCUT2D eigenvalue weighted by Gasteiger charge is 2.12. The molecule has 6 heteroatoms. The summed E-state index contributed by atoms with van der Waals surface area (Å²) in [6.07, 6.45) is 1.94.